The fourth-order valence-electron chi connectivity index (χ4n) is 2.81. The second-order valence-electron chi connectivity index (χ2n) is 6.84. The first-order chi connectivity index (χ1) is 16.1. The highest BCUT2D eigenvalue weighted by Crippen LogP contribution is 2.29. The standard InChI is InChI=1S/C22H18FN3O7S/c1-14-7-9-16(12-19(14)26(28)29)34(30,31)25-24-13-15-8-10-20(21(11-15)32-2)33-22(27)17-5-3-4-6-18(17)23/h3-13,25H,1-2H3/b24-13+. The predicted molar refractivity (Wildman–Crippen MR) is 120 cm³/mol. The van der Waals surface area contributed by atoms with Crippen LogP contribution in [0, 0.1) is 22.9 Å². The van der Waals surface area contributed by atoms with Crippen LogP contribution in [0.4, 0.5) is 10.1 Å². The molecule has 3 rings (SSSR count). The lowest BCUT2D eigenvalue weighted by atomic mass is 10.2. The molecule has 0 saturated carbocycles. The molecule has 0 aliphatic heterocycles. The number of carbonyl (C=O) groups is 1. The third-order valence-corrected chi connectivity index (χ3v) is 5.78. The molecule has 0 unspecified atom stereocenters. The van der Waals surface area contributed by atoms with E-state index in [1.54, 1.807) is 0 Å². The van der Waals surface area contributed by atoms with E-state index in [1.165, 1.54) is 62.6 Å². The number of hydrogen-bond donors (Lipinski definition) is 1. The van der Waals surface area contributed by atoms with E-state index in [9.17, 15) is 27.7 Å². The van der Waals surface area contributed by atoms with E-state index in [4.69, 9.17) is 9.47 Å². The van der Waals surface area contributed by atoms with Gasteiger partial charge in [0.05, 0.1) is 28.7 Å². The first kappa shape index (κ1) is 24.3. The maximum absolute atomic E-state index is 13.8. The van der Waals surface area contributed by atoms with E-state index in [-0.39, 0.29) is 27.6 Å². The summed E-state index contributed by atoms with van der Waals surface area (Å²) in [5.74, 6) is -1.52. The van der Waals surface area contributed by atoms with Gasteiger partial charge in [0.2, 0.25) is 0 Å². The van der Waals surface area contributed by atoms with Crippen LogP contribution >= 0.6 is 0 Å². The molecule has 12 heteroatoms. The summed E-state index contributed by atoms with van der Waals surface area (Å²) in [5.41, 5.74) is 0.105. The highest BCUT2D eigenvalue weighted by atomic mass is 32.2. The summed E-state index contributed by atoms with van der Waals surface area (Å²) < 4.78 is 49.0. The lowest BCUT2D eigenvalue weighted by Gasteiger charge is -2.10. The minimum absolute atomic E-state index is 0.0143. The van der Waals surface area contributed by atoms with Crippen molar-refractivity contribution >= 4 is 27.9 Å². The van der Waals surface area contributed by atoms with Gasteiger partial charge in [-0.1, -0.05) is 18.2 Å². The van der Waals surface area contributed by atoms with E-state index >= 15 is 0 Å². The smallest absolute Gasteiger partial charge is 0.346 e. The van der Waals surface area contributed by atoms with Gasteiger partial charge in [0, 0.05) is 11.6 Å². The molecule has 0 radical (unpaired) electrons. The van der Waals surface area contributed by atoms with Crippen molar-refractivity contribution in [2.75, 3.05) is 7.11 Å². The molecule has 0 aliphatic rings. The topological polar surface area (TPSA) is 137 Å². The summed E-state index contributed by atoms with van der Waals surface area (Å²) in [6, 6.07) is 13.1. The SMILES string of the molecule is COc1cc(/C=N/NS(=O)(=O)c2ccc(C)c([N+](=O)[O-])c2)ccc1OC(=O)c1ccccc1F. The third kappa shape index (κ3) is 5.53. The van der Waals surface area contributed by atoms with Crippen molar-refractivity contribution in [1.29, 1.82) is 0 Å². The van der Waals surface area contributed by atoms with Gasteiger partial charge in [-0.2, -0.15) is 13.5 Å². The van der Waals surface area contributed by atoms with E-state index in [1.807, 2.05) is 4.83 Å². The number of hydrogen-bond acceptors (Lipinski definition) is 8. The van der Waals surface area contributed by atoms with Crippen molar-refractivity contribution in [3.8, 4) is 11.5 Å². The Morgan fingerprint density at radius 1 is 1.12 bits per heavy atom. The summed E-state index contributed by atoms with van der Waals surface area (Å²) in [6.07, 6.45) is 1.16. The van der Waals surface area contributed by atoms with Crippen LogP contribution in [0.1, 0.15) is 21.5 Å². The Morgan fingerprint density at radius 3 is 2.53 bits per heavy atom. The van der Waals surface area contributed by atoms with Gasteiger partial charge >= 0.3 is 5.97 Å². The minimum Gasteiger partial charge on any atom is -0.493 e. The fourth-order valence-corrected chi connectivity index (χ4v) is 3.62. The van der Waals surface area contributed by atoms with Gasteiger partial charge in [-0.3, -0.25) is 10.1 Å². The lowest BCUT2D eigenvalue weighted by molar-refractivity contribution is -0.385. The number of esters is 1. The van der Waals surface area contributed by atoms with Crippen molar-refractivity contribution in [2.24, 2.45) is 5.10 Å². The van der Waals surface area contributed by atoms with Crippen LogP contribution in [0.5, 0.6) is 11.5 Å². The number of hydrazone groups is 1. The Kier molecular flexibility index (Phi) is 7.21. The Balaban J connectivity index is 1.75. The largest absolute Gasteiger partial charge is 0.493 e. The molecule has 0 bridgehead atoms. The number of benzene rings is 3. The van der Waals surface area contributed by atoms with Crippen molar-refractivity contribution in [2.45, 2.75) is 11.8 Å². The number of nitrogens with one attached hydrogen (secondary N) is 1. The Bertz CT molecular complexity index is 1390. The molecule has 0 heterocycles. The second-order valence-corrected chi connectivity index (χ2v) is 8.50. The van der Waals surface area contributed by atoms with Gasteiger partial charge in [-0.25, -0.2) is 14.0 Å². The van der Waals surface area contributed by atoms with Crippen molar-refractivity contribution < 1.29 is 32.0 Å². The zero-order valence-electron chi connectivity index (χ0n) is 17.9. The molecule has 3 aromatic rings. The quantitative estimate of drug-likeness (QED) is 0.169. The van der Waals surface area contributed by atoms with E-state index in [0.29, 0.717) is 11.1 Å². The zero-order chi connectivity index (χ0) is 24.9. The Morgan fingerprint density at radius 2 is 1.85 bits per heavy atom. The van der Waals surface area contributed by atoms with Crippen LogP contribution in [0.25, 0.3) is 0 Å². The number of aryl methyl sites for hydroxylation is 1. The molecule has 0 amide bonds. The molecular formula is C22H18FN3O7S. The van der Waals surface area contributed by atoms with E-state index < -0.39 is 26.7 Å². The van der Waals surface area contributed by atoms with E-state index in [2.05, 4.69) is 5.10 Å². The molecule has 0 saturated heterocycles. The van der Waals surface area contributed by atoms with Crippen LogP contribution in [-0.4, -0.2) is 32.6 Å². The molecule has 0 aromatic heterocycles. The molecule has 34 heavy (non-hydrogen) atoms. The number of ether oxygens (including phenoxy) is 2. The van der Waals surface area contributed by atoms with E-state index in [0.717, 1.165) is 18.3 Å². The van der Waals surface area contributed by atoms with Crippen LogP contribution in [0.15, 0.2) is 70.7 Å². The van der Waals surface area contributed by atoms with Crippen molar-refractivity contribution in [3.05, 3.63) is 93.3 Å². The second kappa shape index (κ2) is 10.1. The van der Waals surface area contributed by atoms with Crippen LogP contribution in [0.2, 0.25) is 0 Å². The number of nitro groups is 1. The summed E-state index contributed by atoms with van der Waals surface area (Å²) in [5, 5.41) is 14.7. The fraction of sp³-hybridized carbons (Fsp3) is 0.0909. The molecule has 0 spiro atoms. The third-order valence-electron chi connectivity index (χ3n) is 4.56. The summed E-state index contributed by atoms with van der Waals surface area (Å²) >= 11 is 0. The Labute approximate surface area is 193 Å². The predicted octanol–water partition coefficient (Wildman–Crippen LogP) is 3.58. The number of nitrogens with zero attached hydrogens (tertiary/aromatic N) is 2. The van der Waals surface area contributed by atoms with Gasteiger partial charge < -0.3 is 9.47 Å². The molecule has 10 nitrogen and oxygen atoms in total. The number of carbonyl (C=O) groups excluding carboxylic acids is 1. The van der Waals surface area contributed by atoms with Crippen molar-refractivity contribution in [1.82, 2.24) is 4.83 Å². The van der Waals surface area contributed by atoms with Crippen LogP contribution in [-0.2, 0) is 10.0 Å². The summed E-state index contributed by atoms with van der Waals surface area (Å²) in [6.45, 7) is 1.49. The molecule has 0 fully saturated rings. The number of halogens is 1. The Hall–Kier alpha value is -4.32. The average molecular weight is 487 g/mol. The average Bonchev–Trinajstić information content (AvgIpc) is 2.80. The summed E-state index contributed by atoms with van der Waals surface area (Å²) in [4.78, 5) is 24.3. The maximum atomic E-state index is 13.8. The number of sulfonamides is 1. The minimum atomic E-state index is -4.17. The lowest BCUT2D eigenvalue weighted by Crippen LogP contribution is -2.18. The molecule has 3 aromatic carbocycles. The molecular weight excluding hydrogens is 469 g/mol. The van der Waals surface area contributed by atoms with Crippen molar-refractivity contribution in [3.63, 3.8) is 0 Å². The molecule has 1 N–H and O–H groups in total. The highest BCUT2D eigenvalue weighted by Gasteiger charge is 2.19. The van der Waals surface area contributed by atoms with Gasteiger partial charge in [-0.15, -0.1) is 0 Å². The van der Waals surface area contributed by atoms with Gasteiger partial charge in [-0.05, 0) is 48.9 Å². The number of rotatable bonds is 8. The molecule has 0 aliphatic carbocycles. The maximum Gasteiger partial charge on any atom is 0.346 e. The van der Waals surface area contributed by atoms with Gasteiger partial charge in [0.15, 0.2) is 11.5 Å². The normalized spacial score (nSPS) is 11.3. The van der Waals surface area contributed by atoms with Gasteiger partial charge in [0.25, 0.3) is 15.7 Å². The monoisotopic (exact) mass is 487 g/mol. The highest BCUT2D eigenvalue weighted by molar-refractivity contribution is 7.89. The first-order valence-electron chi connectivity index (χ1n) is 9.57. The van der Waals surface area contributed by atoms with Gasteiger partial charge in [0.1, 0.15) is 5.82 Å². The summed E-state index contributed by atoms with van der Waals surface area (Å²) in [7, 11) is -2.84. The first-order valence-corrected chi connectivity index (χ1v) is 11.1. The number of nitro benzene ring substituents is 1. The molecule has 0 atom stereocenters. The van der Waals surface area contributed by atoms with Crippen LogP contribution in [0.3, 0.4) is 0 Å². The number of methoxy groups -OCH3 is 1. The molecule has 176 valence electrons. The zero-order valence-corrected chi connectivity index (χ0v) is 18.7. The van der Waals surface area contributed by atoms with Crippen LogP contribution < -0.4 is 14.3 Å².